The Labute approximate surface area is 316 Å². The molecule has 57 heavy (non-hydrogen) atoms. The van der Waals surface area contributed by atoms with E-state index in [1.165, 1.54) is 0 Å². The van der Waals surface area contributed by atoms with Crippen molar-refractivity contribution in [1.82, 2.24) is 0 Å². The fourth-order valence-corrected chi connectivity index (χ4v) is 5.98. The van der Waals surface area contributed by atoms with Crippen molar-refractivity contribution in [3.8, 4) is 91.6 Å². The van der Waals surface area contributed by atoms with Crippen LogP contribution < -0.4 is 9.47 Å². The lowest BCUT2D eigenvalue weighted by molar-refractivity contribution is -0.278. The molecular formula is C35H30O22. The molecule has 4 aromatic carbocycles. The number of hydrogen-bond donors (Lipinski definition) is 13. The number of methoxy groups -OCH3 is 1. The van der Waals surface area contributed by atoms with Crippen molar-refractivity contribution in [2.75, 3.05) is 13.7 Å². The summed E-state index contributed by atoms with van der Waals surface area (Å²) in [6, 6.07) is 3.25. The van der Waals surface area contributed by atoms with Gasteiger partial charge < -0.3 is 94.8 Å². The highest BCUT2D eigenvalue weighted by Gasteiger charge is 2.52. The third kappa shape index (κ3) is 6.85. The number of carbonyl (C=O) groups excluding carboxylic acids is 3. The molecule has 1 fully saturated rings. The van der Waals surface area contributed by atoms with Gasteiger partial charge in [0.1, 0.15) is 30.3 Å². The van der Waals surface area contributed by atoms with Crippen LogP contribution in [0.5, 0.6) is 80.5 Å². The van der Waals surface area contributed by atoms with Crippen LogP contribution in [0, 0.1) is 0 Å². The molecule has 0 saturated carbocycles. The molecule has 0 aromatic heterocycles. The Bertz CT molecular complexity index is 2300. The Kier molecular flexibility index (Phi) is 10.00. The van der Waals surface area contributed by atoms with Crippen molar-refractivity contribution < 1.29 is 109 Å². The van der Waals surface area contributed by atoms with E-state index < -0.39 is 170 Å². The smallest absolute Gasteiger partial charge is 0.340 e. The lowest BCUT2D eigenvalue weighted by Gasteiger charge is -2.43. The van der Waals surface area contributed by atoms with Gasteiger partial charge in [0.2, 0.25) is 29.6 Å². The minimum absolute atomic E-state index is 0.565. The molecule has 0 amide bonds. The molecule has 0 spiro atoms. The standard InChI is InChI=1S/C35H30O22/c1-52-20(41)5-10-11(4-14(38)25(44)23(10)42)34(51)56-32-31-28(47)19(55-35(32)57-33(50)9-2-12(36)24(43)13(37)3-9)8-53-17-6-15(39)26(45)29(48)21(17)22-18(54-31)7-16(40)27(46)30(22)49/h2-4,6-7,19,28,31-32,35-40,42-49H,5,8H2,1H3/t19-,28-,31+,32-,35+/m1/s1. The van der Waals surface area contributed by atoms with E-state index in [9.17, 15) is 80.8 Å². The first-order chi connectivity index (χ1) is 26.8. The minimum Gasteiger partial charge on any atom is -0.504 e. The zero-order chi connectivity index (χ0) is 41.8. The second kappa shape index (κ2) is 14.6. The van der Waals surface area contributed by atoms with Crippen molar-refractivity contribution in [3.63, 3.8) is 0 Å². The van der Waals surface area contributed by atoms with Crippen LogP contribution in [0.2, 0.25) is 0 Å². The molecule has 4 aromatic rings. The van der Waals surface area contributed by atoms with Crippen molar-refractivity contribution in [2.24, 2.45) is 0 Å². The average molecular weight is 803 g/mol. The fourth-order valence-electron chi connectivity index (χ4n) is 5.98. The van der Waals surface area contributed by atoms with E-state index >= 15 is 0 Å². The summed E-state index contributed by atoms with van der Waals surface area (Å²) in [6.07, 6.45) is -11.3. The van der Waals surface area contributed by atoms with Crippen LogP contribution in [-0.4, -0.2) is 129 Å². The van der Waals surface area contributed by atoms with Gasteiger partial charge in [-0.25, -0.2) is 9.59 Å². The third-order valence-electron chi connectivity index (χ3n) is 8.87. The van der Waals surface area contributed by atoms with Crippen molar-refractivity contribution in [2.45, 2.75) is 37.1 Å². The number of hydrogen-bond acceptors (Lipinski definition) is 22. The summed E-state index contributed by atoms with van der Waals surface area (Å²) < 4.78 is 33.1. The number of ether oxygens (including phenoxy) is 6. The Balaban J connectivity index is 1.53. The molecule has 13 N–H and O–H groups in total. The molecule has 2 heterocycles. The number of rotatable bonds is 6. The molecule has 22 heteroatoms. The van der Waals surface area contributed by atoms with Gasteiger partial charge in [-0.2, -0.15) is 0 Å². The van der Waals surface area contributed by atoms with E-state index in [1.807, 2.05) is 0 Å². The number of phenolic OH excluding ortho intramolecular Hbond substituents is 12. The normalized spacial score (nSPS) is 19.8. The van der Waals surface area contributed by atoms with Crippen LogP contribution in [0.15, 0.2) is 30.3 Å². The molecule has 22 nitrogen and oxygen atoms in total. The second-order valence-corrected chi connectivity index (χ2v) is 12.4. The van der Waals surface area contributed by atoms with Gasteiger partial charge in [-0.15, -0.1) is 0 Å². The van der Waals surface area contributed by atoms with Gasteiger partial charge in [0, 0.05) is 17.7 Å². The van der Waals surface area contributed by atoms with Crippen LogP contribution >= 0.6 is 0 Å². The van der Waals surface area contributed by atoms with Gasteiger partial charge in [0.05, 0.1) is 35.8 Å². The quantitative estimate of drug-likeness (QED) is 0.0729. The highest BCUT2D eigenvalue weighted by atomic mass is 16.7. The lowest BCUT2D eigenvalue weighted by Crippen LogP contribution is -2.63. The first kappa shape index (κ1) is 39.1. The fraction of sp³-hybridized carbons (Fsp3) is 0.229. The first-order valence-electron chi connectivity index (χ1n) is 16.0. The van der Waals surface area contributed by atoms with Crippen LogP contribution in [-0.2, 0) is 30.2 Å². The molecule has 0 radical (unpaired) electrons. The molecule has 6 rings (SSSR count). The highest BCUT2D eigenvalue weighted by molar-refractivity contribution is 5.95. The zero-order valence-corrected chi connectivity index (χ0v) is 28.7. The van der Waals surface area contributed by atoms with Crippen LogP contribution in [0.3, 0.4) is 0 Å². The molecule has 0 unspecified atom stereocenters. The minimum atomic E-state index is -2.26. The van der Waals surface area contributed by atoms with Crippen molar-refractivity contribution in [3.05, 3.63) is 47.0 Å². The summed E-state index contributed by atoms with van der Waals surface area (Å²) in [5.74, 6) is -18.7. The topological polar surface area (TPSA) is 370 Å². The van der Waals surface area contributed by atoms with Crippen LogP contribution in [0.1, 0.15) is 26.3 Å². The Morgan fingerprint density at radius 2 is 1.18 bits per heavy atom. The Morgan fingerprint density at radius 3 is 1.77 bits per heavy atom. The molecule has 5 atom stereocenters. The molecule has 302 valence electrons. The van der Waals surface area contributed by atoms with Gasteiger partial charge in [-0.1, -0.05) is 0 Å². The summed E-state index contributed by atoms with van der Waals surface area (Å²) in [5.41, 5.74) is -3.56. The summed E-state index contributed by atoms with van der Waals surface area (Å²) >= 11 is 0. The maximum absolute atomic E-state index is 13.9. The van der Waals surface area contributed by atoms with Crippen molar-refractivity contribution >= 4 is 17.9 Å². The van der Waals surface area contributed by atoms with Crippen LogP contribution in [0.4, 0.5) is 0 Å². The number of aliphatic hydroxyl groups is 1. The third-order valence-corrected chi connectivity index (χ3v) is 8.87. The van der Waals surface area contributed by atoms with Crippen molar-refractivity contribution in [1.29, 1.82) is 0 Å². The number of aliphatic hydroxyl groups excluding tert-OH is 1. The molecular weight excluding hydrogens is 772 g/mol. The lowest BCUT2D eigenvalue weighted by atomic mass is 9.95. The van der Waals surface area contributed by atoms with Gasteiger partial charge in [0.25, 0.3) is 0 Å². The second-order valence-electron chi connectivity index (χ2n) is 12.4. The first-order valence-corrected chi connectivity index (χ1v) is 16.0. The van der Waals surface area contributed by atoms with E-state index in [0.717, 1.165) is 13.2 Å². The van der Waals surface area contributed by atoms with Gasteiger partial charge in [-0.3, -0.25) is 4.79 Å². The predicted molar refractivity (Wildman–Crippen MR) is 180 cm³/mol. The predicted octanol–water partition coefficient (Wildman–Crippen LogP) is 0.845. The SMILES string of the molecule is COC(=O)Cc1c(C(=O)O[C@H]2[C@H](OC(=O)c3cc(O)c(O)c(O)c3)O[C@@H]3COc4cc(O)c(O)c(O)c4-c4c(cc(O)c(O)c4O)O[C@H]2[C@@H]3O)cc(O)c(O)c1O. The van der Waals surface area contributed by atoms with E-state index in [2.05, 4.69) is 4.74 Å². The molecule has 0 aliphatic carbocycles. The van der Waals surface area contributed by atoms with E-state index in [4.69, 9.17) is 23.7 Å². The highest BCUT2D eigenvalue weighted by Crippen LogP contribution is 2.57. The number of aromatic hydroxyl groups is 12. The number of benzene rings is 4. The Hall–Kier alpha value is -7.59. The zero-order valence-electron chi connectivity index (χ0n) is 28.7. The van der Waals surface area contributed by atoms with E-state index in [0.29, 0.717) is 24.3 Å². The van der Waals surface area contributed by atoms with E-state index in [1.54, 1.807) is 0 Å². The van der Waals surface area contributed by atoms with Gasteiger partial charge >= 0.3 is 17.9 Å². The molecule has 2 aliphatic rings. The van der Waals surface area contributed by atoms with Gasteiger partial charge in [0.15, 0.2) is 57.8 Å². The van der Waals surface area contributed by atoms with E-state index in [-0.39, 0.29) is 0 Å². The van der Waals surface area contributed by atoms with Crippen LogP contribution in [0.25, 0.3) is 11.1 Å². The Morgan fingerprint density at radius 1 is 0.649 bits per heavy atom. The maximum atomic E-state index is 13.9. The number of phenols is 12. The summed E-state index contributed by atoms with van der Waals surface area (Å²) in [7, 11) is 0.956. The maximum Gasteiger partial charge on any atom is 0.340 e. The number of fused-ring (bicyclic) bond motifs is 5. The summed E-state index contributed by atoms with van der Waals surface area (Å²) in [6.45, 7) is -0.837. The summed E-state index contributed by atoms with van der Waals surface area (Å²) in [4.78, 5) is 39.6. The van der Waals surface area contributed by atoms with Gasteiger partial charge in [-0.05, 0) is 18.2 Å². The largest absolute Gasteiger partial charge is 0.504 e. The average Bonchev–Trinajstić information content (AvgIpc) is 3.16. The molecule has 1 saturated heterocycles. The number of esters is 3. The monoisotopic (exact) mass is 802 g/mol. The number of carbonyl (C=O) groups is 3. The molecule has 2 bridgehead atoms. The summed E-state index contributed by atoms with van der Waals surface area (Å²) in [5, 5.41) is 136. The molecule has 2 aliphatic heterocycles.